The standard InChI is InChI=1S/C18H32O45S10/c19-64(20,21)50-2-6-9(10(57-67(28,29)30)7(53-6)3-51-65(22,23)24)56-18-16(63-73(46,47)48)14(61-71(40,41)42)11(58-68(31,32)33)5(55-18)1-49-17-15(62-72(43,44)45)13(60-70(37,38)39)12(59-69(34,35)36)8(54-17)4-52-66(25,26)27/h5-18H,1-4H2,(H,19,20,21)(H,22,23,24)(H,25,26,27)(H,28,29,30)(H,31,32,33)(H,34,35,36)(H,37,38,39)(H,40,41,42)(H,43,44,45)(H,46,47,48)/t5-,6-,7-,8-,9-,10-,11-,12-,13+,14+,15-,16-,17-,18+/m1/s1. The SMILES string of the molecule is O=S(=O)(O)OC[C@H]1O[C@@H](OC[C@H]2O[C@@H](O[C@H]3[C@H](OS(=O)(=O)O)[C@@H](COS(=O)(=O)O)O[C@@H]3COS(=O)(=O)O)[C@H](OS(=O)(=O)O)[C@@H](OS(=O)(=O)O)[C@@H]2OS(=O)(=O)O)[C@H](OS(=O)(=O)O)[C@@H](OS(=O)(=O)O)[C@@H]1OS(=O)(=O)O. The molecule has 73 heavy (non-hydrogen) atoms. The molecule has 3 aliphatic rings. The summed E-state index contributed by atoms with van der Waals surface area (Å²) in [4.78, 5) is 0. The molecule has 434 valence electrons. The van der Waals surface area contributed by atoms with Crippen LogP contribution >= 0.6 is 0 Å². The zero-order valence-electron chi connectivity index (χ0n) is 33.8. The number of ether oxygens (including phenoxy) is 5. The summed E-state index contributed by atoms with van der Waals surface area (Å²) in [6, 6.07) is 0. The van der Waals surface area contributed by atoms with E-state index < -0.39 is 216 Å². The van der Waals surface area contributed by atoms with Crippen molar-refractivity contribution >= 4 is 104 Å². The fraction of sp³-hybridized carbons (Fsp3) is 1.00. The molecule has 3 rings (SSSR count). The van der Waals surface area contributed by atoms with Gasteiger partial charge in [0, 0.05) is 0 Å². The second-order valence-corrected chi connectivity index (χ2v) is 23.9. The normalized spacial score (nSPS) is 31.9. The van der Waals surface area contributed by atoms with Gasteiger partial charge >= 0.3 is 104 Å². The Labute approximate surface area is 409 Å². The molecule has 0 amide bonds. The summed E-state index contributed by atoms with van der Waals surface area (Å²) in [5.41, 5.74) is 0. The van der Waals surface area contributed by atoms with Crippen molar-refractivity contribution in [1.82, 2.24) is 0 Å². The van der Waals surface area contributed by atoms with E-state index in [1.807, 2.05) is 0 Å². The van der Waals surface area contributed by atoms with Crippen molar-refractivity contribution in [2.24, 2.45) is 0 Å². The highest BCUT2D eigenvalue weighted by Gasteiger charge is 2.59. The molecule has 0 aromatic carbocycles. The lowest BCUT2D eigenvalue weighted by atomic mass is 9.98. The fourth-order valence-corrected chi connectivity index (χ4v) is 10.5. The van der Waals surface area contributed by atoms with E-state index in [1.54, 1.807) is 0 Å². The molecule has 3 saturated heterocycles. The summed E-state index contributed by atoms with van der Waals surface area (Å²) < 4.78 is 398. The molecule has 0 spiro atoms. The van der Waals surface area contributed by atoms with Crippen LogP contribution in [0.4, 0.5) is 0 Å². The van der Waals surface area contributed by atoms with Crippen LogP contribution in [0.25, 0.3) is 0 Å². The Morgan fingerprint density at radius 1 is 0.260 bits per heavy atom. The van der Waals surface area contributed by atoms with Gasteiger partial charge in [0.2, 0.25) is 0 Å². The quantitative estimate of drug-likeness (QED) is 0.0325. The molecule has 0 aromatic rings. The van der Waals surface area contributed by atoms with Crippen molar-refractivity contribution < 1.29 is 195 Å². The molecule has 14 atom stereocenters. The lowest BCUT2D eigenvalue weighted by molar-refractivity contribution is -0.327. The summed E-state index contributed by atoms with van der Waals surface area (Å²) in [6.07, 6.45) is -43.6. The Morgan fingerprint density at radius 3 is 0.808 bits per heavy atom. The summed E-state index contributed by atoms with van der Waals surface area (Å²) >= 11 is 0. The largest absolute Gasteiger partial charge is 0.397 e. The second-order valence-electron chi connectivity index (χ2n) is 13.3. The summed E-state index contributed by atoms with van der Waals surface area (Å²) in [5.74, 6) is 0. The van der Waals surface area contributed by atoms with Crippen molar-refractivity contribution in [2.75, 3.05) is 26.4 Å². The van der Waals surface area contributed by atoms with E-state index in [2.05, 4.69) is 41.8 Å². The highest BCUT2D eigenvalue weighted by Crippen LogP contribution is 2.38. The third-order valence-corrected chi connectivity index (χ3v) is 12.6. The van der Waals surface area contributed by atoms with Gasteiger partial charge in [0.15, 0.2) is 24.8 Å². The molecular formula is C18H32O45S10. The van der Waals surface area contributed by atoms with Crippen molar-refractivity contribution in [3.63, 3.8) is 0 Å². The minimum atomic E-state index is -6.35. The van der Waals surface area contributed by atoms with Gasteiger partial charge in [-0.25, -0.2) is 41.8 Å². The third-order valence-electron chi connectivity index (χ3n) is 8.08. The Balaban J connectivity index is 2.38. The van der Waals surface area contributed by atoms with Crippen LogP contribution < -0.4 is 0 Å². The first kappa shape index (κ1) is 65.8. The molecule has 45 nitrogen and oxygen atoms in total. The molecule has 3 aliphatic heterocycles. The summed E-state index contributed by atoms with van der Waals surface area (Å²) in [6.45, 7) is -7.48. The zero-order valence-corrected chi connectivity index (χ0v) is 41.9. The van der Waals surface area contributed by atoms with Gasteiger partial charge in [-0.05, 0) is 0 Å². The maximum Gasteiger partial charge on any atom is 0.397 e. The first-order valence-electron chi connectivity index (χ1n) is 17.1. The van der Waals surface area contributed by atoms with Crippen LogP contribution in [0.2, 0.25) is 0 Å². The van der Waals surface area contributed by atoms with Crippen LogP contribution in [-0.4, -0.2) is 242 Å². The van der Waals surface area contributed by atoms with E-state index >= 15 is 0 Å². The Morgan fingerprint density at radius 2 is 0.493 bits per heavy atom. The summed E-state index contributed by atoms with van der Waals surface area (Å²) in [7, 11) is -60.6. The van der Waals surface area contributed by atoms with E-state index in [0.29, 0.717) is 0 Å². The minimum absolute atomic E-state index is 1.71. The zero-order chi connectivity index (χ0) is 56.5. The van der Waals surface area contributed by atoms with Crippen molar-refractivity contribution in [1.29, 1.82) is 0 Å². The Hall–Kier alpha value is -1.50. The maximum atomic E-state index is 12.2. The van der Waals surface area contributed by atoms with Crippen LogP contribution in [0.15, 0.2) is 0 Å². The highest BCUT2D eigenvalue weighted by atomic mass is 32.3. The lowest BCUT2D eigenvalue weighted by Gasteiger charge is -2.46. The molecule has 3 fully saturated rings. The molecule has 3 heterocycles. The van der Waals surface area contributed by atoms with Crippen molar-refractivity contribution in [2.45, 2.75) is 85.8 Å². The number of hydrogen-bond acceptors (Lipinski definition) is 35. The van der Waals surface area contributed by atoms with E-state index in [4.69, 9.17) is 37.3 Å². The van der Waals surface area contributed by atoms with Gasteiger partial charge in [-0.2, -0.15) is 84.2 Å². The molecule has 0 bridgehead atoms. The lowest BCUT2D eigenvalue weighted by Crippen LogP contribution is -2.65. The molecule has 10 N–H and O–H groups in total. The van der Waals surface area contributed by atoms with Gasteiger partial charge in [-0.15, -0.1) is 0 Å². The van der Waals surface area contributed by atoms with Gasteiger partial charge in [-0.1, -0.05) is 0 Å². The maximum absolute atomic E-state index is 12.2. The van der Waals surface area contributed by atoms with Crippen LogP contribution in [0, 0.1) is 0 Å². The van der Waals surface area contributed by atoms with Gasteiger partial charge in [0.25, 0.3) is 0 Å². The van der Waals surface area contributed by atoms with E-state index in [1.165, 1.54) is 0 Å². The van der Waals surface area contributed by atoms with Gasteiger partial charge in [-0.3, -0.25) is 45.5 Å². The Bertz CT molecular complexity index is 3090. The van der Waals surface area contributed by atoms with Crippen LogP contribution in [-0.2, 0) is 170 Å². The predicted octanol–water partition coefficient (Wildman–Crippen LogP) is -8.62. The van der Waals surface area contributed by atoms with Gasteiger partial charge in [0.05, 0.1) is 26.4 Å². The average molecular weight is 1290 g/mol. The van der Waals surface area contributed by atoms with E-state index in [-0.39, 0.29) is 0 Å². The molecule has 55 heteroatoms. The topological polar surface area (TPSA) is 682 Å². The second kappa shape index (κ2) is 23.8. The van der Waals surface area contributed by atoms with Crippen molar-refractivity contribution in [3.05, 3.63) is 0 Å². The van der Waals surface area contributed by atoms with Crippen LogP contribution in [0.5, 0.6) is 0 Å². The molecule has 0 saturated carbocycles. The minimum Gasteiger partial charge on any atom is -0.364 e. The Kier molecular flexibility index (Phi) is 21.5. The van der Waals surface area contributed by atoms with Crippen LogP contribution in [0.1, 0.15) is 0 Å². The first-order valence-corrected chi connectivity index (χ1v) is 30.7. The predicted molar refractivity (Wildman–Crippen MR) is 204 cm³/mol. The van der Waals surface area contributed by atoms with Gasteiger partial charge < -0.3 is 23.7 Å². The molecular weight excluding hydrogens is 1260 g/mol. The number of rotatable bonds is 28. The van der Waals surface area contributed by atoms with Crippen molar-refractivity contribution in [3.8, 4) is 0 Å². The molecule has 0 unspecified atom stereocenters. The summed E-state index contributed by atoms with van der Waals surface area (Å²) in [5, 5.41) is 0. The monoisotopic (exact) mass is 1290 g/mol. The van der Waals surface area contributed by atoms with Crippen LogP contribution in [0.3, 0.4) is 0 Å². The van der Waals surface area contributed by atoms with Gasteiger partial charge in [0.1, 0.15) is 61.0 Å². The average Bonchev–Trinajstić information content (AvgIpc) is 3.42. The van der Waals surface area contributed by atoms with E-state index in [9.17, 15) is 116 Å². The highest BCUT2D eigenvalue weighted by molar-refractivity contribution is 7.83. The molecule has 0 aromatic heterocycles. The molecule has 0 aliphatic carbocycles. The smallest absolute Gasteiger partial charge is 0.364 e. The first-order chi connectivity index (χ1) is 32.4. The van der Waals surface area contributed by atoms with E-state index in [0.717, 1.165) is 0 Å². The third kappa shape index (κ3) is 24.4. The fourth-order valence-electron chi connectivity index (χ4n) is 6.06. The number of hydrogen-bond donors (Lipinski definition) is 10. The molecule has 0 radical (unpaired) electrons.